The summed E-state index contributed by atoms with van der Waals surface area (Å²) in [5, 5.41) is 3.03. The molecule has 0 saturated heterocycles. The average molecular weight is 454 g/mol. The molecule has 0 atom stereocenters. The van der Waals surface area contributed by atoms with Gasteiger partial charge in [0.25, 0.3) is 0 Å². The number of carbonyl (C=O) groups excluding carboxylic acids is 3. The maximum absolute atomic E-state index is 12.8. The molecule has 1 aliphatic carbocycles. The molecule has 0 fully saturated rings. The smallest absolute Gasteiger partial charge is 0.220 e. The van der Waals surface area contributed by atoms with Crippen molar-refractivity contribution in [3.63, 3.8) is 0 Å². The van der Waals surface area contributed by atoms with Crippen molar-refractivity contribution in [2.24, 2.45) is 5.41 Å². The summed E-state index contributed by atoms with van der Waals surface area (Å²) in [6.45, 7) is 6.79. The number of hydrogen-bond donors (Lipinski definition) is 1. The number of carbonyl (C=O) groups is 3. The van der Waals surface area contributed by atoms with Gasteiger partial charge in [0.1, 0.15) is 0 Å². The van der Waals surface area contributed by atoms with Crippen molar-refractivity contribution in [1.82, 2.24) is 5.32 Å². The van der Waals surface area contributed by atoms with Crippen molar-refractivity contribution >= 4 is 17.5 Å². The minimum atomic E-state index is -0.305. The SMILES string of the molecule is CCCCCCCCCCCCCC(=O)NCC(C)(C)CC1=CC(=O)c2ccccc2C1=O. The molecule has 0 unspecified atom stereocenters. The Morgan fingerprint density at radius 3 is 1.97 bits per heavy atom. The Kier molecular flexibility index (Phi) is 11.6. The second-order valence-electron chi connectivity index (χ2n) is 10.3. The highest BCUT2D eigenvalue weighted by Crippen LogP contribution is 2.30. The summed E-state index contributed by atoms with van der Waals surface area (Å²) in [4.78, 5) is 37.5. The van der Waals surface area contributed by atoms with Crippen LogP contribution in [0, 0.1) is 5.41 Å². The number of benzene rings is 1. The molecule has 0 aromatic heterocycles. The van der Waals surface area contributed by atoms with E-state index in [0.29, 0.717) is 36.1 Å². The lowest BCUT2D eigenvalue weighted by Crippen LogP contribution is -2.35. The number of unbranched alkanes of at least 4 members (excludes halogenated alkanes) is 10. The predicted octanol–water partition coefficient (Wildman–Crippen LogP) is 7.23. The van der Waals surface area contributed by atoms with Crippen LogP contribution in [0.25, 0.3) is 0 Å². The number of nitrogens with one attached hydrogen (secondary N) is 1. The van der Waals surface area contributed by atoms with Crippen molar-refractivity contribution in [2.75, 3.05) is 6.54 Å². The van der Waals surface area contributed by atoms with E-state index in [4.69, 9.17) is 0 Å². The molecule has 1 aromatic rings. The van der Waals surface area contributed by atoms with Crippen LogP contribution in [0.4, 0.5) is 0 Å². The van der Waals surface area contributed by atoms with Gasteiger partial charge in [0.15, 0.2) is 11.6 Å². The molecule has 2 rings (SSSR count). The first kappa shape index (κ1) is 27.0. The Labute approximate surface area is 200 Å². The summed E-state index contributed by atoms with van der Waals surface area (Å²) >= 11 is 0. The first-order valence-corrected chi connectivity index (χ1v) is 13.0. The van der Waals surface area contributed by atoms with Crippen LogP contribution in [-0.2, 0) is 4.79 Å². The highest BCUT2D eigenvalue weighted by atomic mass is 16.2. The number of Topliss-reactive ketones (excluding diaryl/α,β-unsaturated/α-hetero) is 1. The van der Waals surface area contributed by atoms with E-state index in [-0.39, 0.29) is 22.9 Å². The van der Waals surface area contributed by atoms with Crippen LogP contribution in [0.3, 0.4) is 0 Å². The zero-order valence-electron chi connectivity index (χ0n) is 21.0. The molecule has 0 spiro atoms. The van der Waals surface area contributed by atoms with Gasteiger partial charge in [0.2, 0.25) is 5.91 Å². The highest BCUT2D eigenvalue weighted by Gasteiger charge is 2.29. The number of fused-ring (bicyclic) bond motifs is 1. The molecule has 0 heterocycles. The molecule has 4 heteroatoms. The molecule has 182 valence electrons. The summed E-state index contributed by atoms with van der Waals surface area (Å²) in [6, 6.07) is 6.97. The molecule has 1 amide bonds. The zero-order valence-corrected chi connectivity index (χ0v) is 21.0. The van der Waals surface area contributed by atoms with Crippen LogP contribution in [0.5, 0.6) is 0 Å². The van der Waals surface area contributed by atoms with Gasteiger partial charge in [-0.2, -0.15) is 0 Å². The fraction of sp³-hybridized carbons (Fsp3) is 0.621. The average Bonchev–Trinajstić information content (AvgIpc) is 2.79. The van der Waals surface area contributed by atoms with E-state index in [1.165, 1.54) is 63.9 Å². The monoisotopic (exact) mass is 453 g/mol. The summed E-state index contributed by atoms with van der Waals surface area (Å²) < 4.78 is 0. The van der Waals surface area contributed by atoms with Crippen LogP contribution >= 0.6 is 0 Å². The van der Waals surface area contributed by atoms with Gasteiger partial charge in [0, 0.05) is 29.7 Å². The van der Waals surface area contributed by atoms with E-state index in [0.717, 1.165) is 12.8 Å². The second-order valence-corrected chi connectivity index (χ2v) is 10.3. The number of hydrogen-bond acceptors (Lipinski definition) is 3. The van der Waals surface area contributed by atoms with Crippen LogP contribution in [-0.4, -0.2) is 24.0 Å². The van der Waals surface area contributed by atoms with Gasteiger partial charge in [-0.15, -0.1) is 0 Å². The van der Waals surface area contributed by atoms with Gasteiger partial charge in [-0.25, -0.2) is 0 Å². The first-order chi connectivity index (χ1) is 15.8. The molecule has 1 aliphatic rings. The van der Waals surface area contributed by atoms with E-state index in [2.05, 4.69) is 12.2 Å². The van der Waals surface area contributed by atoms with E-state index >= 15 is 0 Å². The third kappa shape index (κ3) is 9.65. The zero-order chi connectivity index (χ0) is 24.1. The maximum Gasteiger partial charge on any atom is 0.220 e. The Morgan fingerprint density at radius 2 is 1.36 bits per heavy atom. The van der Waals surface area contributed by atoms with E-state index in [9.17, 15) is 14.4 Å². The Hall–Kier alpha value is -2.23. The first-order valence-electron chi connectivity index (χ1n) is 13.0. The van der Waals surface area contributed by atoms with Crippen molar-refractivity contribution < 1.29 is 14.4 Å². The molecule has 0 saturated carbocycles. The predicted molar refractivity (Wildman–Crippen MR) is 136 cm³/mol. The number of amides is 1. The molecule has 33 heavy (non-hydrogen) atoms. The van der Waals surface area contributed by atoms with E-state index < -0.39 is 0 Å². The Morgan fingerprint density at radius 1 is 0.818 bits per heavy atom. The third-order valence-corrected chi connectivity index (χ3v) is 6.47. The lowest BCUT2D eigenvalue weighted by atomic mass is 9.79. The molecule has 4 nitrogen and oxygen atoms in total. The Balaban J connectivity index is 1.61. The maximum atomic E-state index is 12.8. The molecular weight excluding hydrogens is 410 g/mol. The van der Waals surface area contributed by atoms with Crippen molar-refractivity contribution in [3.8, 4) is 0 Å². The van der Waals surface area contributed by atoms with Gasteiger partial charge in [-0.05, 0) is 24.3 Å². The van der Waals surface area contributed by atoms with Crippen molar-refractivity contribution in [2.45, 2.75) is 104 Å². The van der Waals surface area contributed by atoms with Crippen LogP contribution < -0.4 is 5.32 Å². The molecule has 0 aliphatic heterocycles. The fourth-order valence-corrected chi connectivity index (χ4v) is 4.46. The third-order valence-electron chi connectivity index (χ3n) is 6.47. The van der Waals surface area contributed by atoms with Crippen LogP contribution in [0.2, 0.25) is 0 Å². The van der Waals surface area contributed by atoms with Crippen molar-refractivity contribution in [3.05, 3.63) is 47.0 Å². The summed E-state index contributed by atoms with van der Waals surface area (Å²) in [5.74, 6) is -0.119. The second kappa shape index (κ2) is 14.1. The van der Waals surface area contributed by atoms with Crippen LogP contribution in [0.1, 0.15) is 125 Å². The van der Waals surface area contributed by atoms with Gasteiger partial charge in [-0.3, -0.25) is 14.4 Å². The quantitative estimate of drug-likeness (QED) is 0.269. The molecule has 1 aromatic carbocycles. The minimum Gasteiger partial charge on any atom is -0.356 e. The topological polar surface area (TPSA) is 63.2 Å². The van der Waals surface area contributed by atoms with Gasteiger partial charge in [-0.1, -0.05) is 109 Å². The molecular formula is C29H43NO3. The van der Waals surface area contributed by atoms with Crippen LogP contribution in [0.15, 0.2) is 35.9 Å². The Bertz CT molecular complexity index is 822. The molecule has 0 radical (unpaired) electrons. The van der Waals surface area contributed by atoms with Crippen molar-refractivity contribution in [1.29, 1.82) is 0 Å². The van der Waals surface area contributed by atoms with Gasteiger partial charge in [0.05, 0.1) is 0 Å². The summed E-state index contributed by atoms with van der Waals surface area (Å²) in [7, 11) is 0. The van der Waals surface area contributed by atoms with E-state index in [1.807, 2.05) is 13.8 Å². The molecule has 1 N–H and O–H groups in total. The van der Waals surface area contributed by atoms with E-state index in [1.54, 1.807) is 24.3 Å². The minimum absolute atomic E-state index is 0.0735. The normalized spacial score (nSPS) is 13.6. The van der Waals surface area contributed by atoms with Gasteiger partial charge < -0.3 is 5.32 Å². The largest absolute Gasteiger partial charge is 0.356 e. The number of rotatable bonds is 16. The summed E-state index contributed by atoms with van der Waals surface area (Å²) in [5.41, 5.74) is 1.19. The lowest BCUT2D eigenvalue weighted by molar-refractivity contribution is -0.121. The summed E-state index contributed by atoms with van der Waals surface area (Å²) in [6.07, 6.45) is 16.4. The fourth-order valence-electron chi connectivity index (χ4n) is 4.46. The number of ketones is 2. The van der Waals surface area contributed by atoms with Gasteiger partial charge >= 0.3 is 0 Å². The lowest BCUT2D eigenvalue weighted by Gasteiger charge is -2.27. The standard InChI is InChI=1S/C29H43NO3/c1-4-5-6-7-8-9-10-11-12-13-14-19-27(32)30-22-29(2,3)21-23-20-26(31)24-17-15-16-18-25(24)28(23)33/h15-18,20H,4-14,19,21-22H2,1-3H3,(H,30,32). The highest BCUT2D eigenvalue weighted by molar-refractivity contribution is 6.24. The number of allylic oxidation sites excluding steroid dienone is 2. The molecule has 0 bridgehead atoms.